The second-order valence-corrected chi connectivity index (χ2v) is 7.73. The number of carbonyl (C=O) groups excluding carboxylic acids is 3. The molecule has 0 fully saturated rings. The van der Waals surface area contributed by atoms with Gasteiger partial charge in [0.1, 0.15) is 17.7 Å². The summed E-state index contributed by atoms with van der Waals surface area (Å²) >= 11 is 0. The molecule has 3 N–H and O–H groups in total. The van der Waals surface area contributed by atoms with Gasteiger partial charge in [-0.25, -0.2) is 4.79 Å². The van der Waals surface area contributed by atoms with Gasteiger partial charge in [-0.3, -0.25) is 9.59 Å². The summed E-state index contributed by atoms with van der Waals surface area (Å²) in [7, 11) is 1.52. The van der Waals surface area contributed by atoms with E-state index in [0.29, 0.717) is 6.42 Å². The topological polar surface area (TPSA) is 96.5 Å². The van der Waals surface area contributed by atoms with Gasteiger partial charge in [-0.2, -0.15) is 0 Å². The first kappa shape index (κ1) is 22.5. The van der Waals surface area contributed by atoms with Crippen LogP contribution < -0.4 is 16.0 Å². The van der Waals surface area contributed by atoms with Crippen molar-refractivity contribution in [2.45, 2.75) is 58.7 Å². The van der Waals surface area contributed by atoms with Crippen LogP contribution >= 0.6 is 0 Å². The lowest BCUT2D eigenvalue weighted by atomic mass is 10.0. The van der Waals surface area contributed by atoms with E-state index in [4.69, 9.17) is 4.74 Å². The molecule has 7 heteroatoms. The number of hydrogen-bond donors (Lipinski definition) is 3. The van der Waals surface area contributed by atoms with Crippen LogP contribution in [0.15, 0.2) is 30.3 Å². The van der Waals surface area contributed by atoms with Crippen molar-refractivity contribution in [2.24, 2.45) is 5.92 Å². The minimum Gasteiger partial charge on any atom is -0.444 e. The van der Waals surface area contributed by atoms with Gasteiger partial charge in [0.25, 0.3) is 0 Å². The molecule has 0 bridgehead atoms. The van der Waals surface area contributed by atoms with Crippen LogP contribution in [0.5, 0.6) is 0 Å². The summed E-state index contributed by atoms with van der Waals surface area (Å²) < 4.78 is 5.23. The maximum absolute atomic E-state index is 12.7. The highest BCUT2D eigenvalue weighted by atomic mass is 16.6. The third-order valence-corrected chi connectivity index (χ3v) is 3.78. The first-order valence-electron chi connectivity index (χ1n) is 9.09. The van der Waals surface area contributed by atoms with Crippen molar-refractivity contribution < 1.29 is 19.1 Å². The average Bonchev–Trinajstić information content (AvgIpc) is 2.57. The van der Waals surface area contributed by atoms with E-state index in [0.717, 1.165) is 5.56 Å². The van der Waals surface area contributed by atoms with E-state index >= 15 is 0 Å². The van der Waals surface area contributed by atoms with Crippen LogP contribution in [0.1, 0.15) is 40.2 Å². The molecule has 1 aromatic carbocycles. The van der Waals surface area contributed by atoms with Gasteiger partial charge in [-0.15, -0.1) is 0 Å². The van der Waals surface area contributed by atoms with Crippen LogP contribution in [0.2, 0.25) is 0 Å². The van der Waals surface area contributed by atoms with Crippen molar-refractivity contribution >= 4 is 17.9 Å². The van der Waals surface area contributed by atoms with E-state index in [-0.39, 0.29) is 11.8 Å². The highest BCUT2D eigenvalue weighted by Crippen LogP contribution is 2.10. The minimum absolute atomic E-state index is 0.181. The summed E-state index contributed by atoms with van der Waals surface area (Å²) in [6, 6.07) is 7.85. The SMILES string of the molecule is CNC(=O)[C@@H](Cc1ccccc1)NC(=O)[C@H](NC(=O)OC(C)(C)C)C(C)C. The molecule has 0 unspecified atom stereocenters. The van der Waals surface area contributed by atoms with E-state index < -0.39 is 29.7 Å². The molecule has 0 aliphatic rings. The molecule has 1 aromatic rings. The molecular weight excluding hydrogens is 346 g/mol. The second-order valence-electron chi connectivity index (χ2n) is 7.73. The Morgan fingerprint density at radius 2 is 1.59 bits per heavy atom. The van der Waals surface area contributed by atoms with Crippen molar-refractivity contribution in [2.75, 3.05) is 7.05 Å². The molecule has 0 saturated heterocycles. The zero-order valence-electron chi connectivity index (χ0n) is 17.0. The Labute approximate surface area is 161 Å². The van der Waals surface area contributed by atoms with E-state index in [1.54, 1.807) is 20.8 Å². The predicted octanol–water partition coefficient (Wildman–Crippen LogP) is 2.01. The molecule has 0 heterocycles. The molecule has 0 aromatic heterocycles. The largest absolute Gasteiger partial charge is 0.444 e. The molecular formula is C20H31N3O4. The van der Waals surface area contributed by atoms with Gasteiger partial charge in [0.05, 0.1) is 0 Å². The van der Waals surface area contributed by atoms with Crippen LogP contribution in [0.3, 0.4) is 0 Å². The Bertz CT molecular complexity index is 638. The Hall–Kier alpha value is -2.57. The predicted molar refractivity (Wildman–Crippen MR) is 104 cm³/mol. The molecule has 0 spiro atoms. The third-order valence-electron chi connectivity index (χ3n) is 3.78. The summed E-state index contributed by atoms with van der Waals surface area (Å²) in [5, 5.41) is 7.90. The maximum Gasteiger partial charge on any atom is 0.408 e. The fourth-order valence-corrected chi connectivity index (χ4v) is 2.46. The number of likely N-dealkylation sites (N-methyl/N-ethyl adjacent to an activating group) is 1. The number of alkyl carbamates (subject to hydrolysis) is 1. The number of ether oxygens (including phenoxy) is 1. The Kier molecular flexibility index (Phi) is 8.28. The number of benzene rings is 1. The zero-order chi connectivity index (χ0) is 20.6. The lowest BCUT2D eigenvalue weighted by molar-refractivity contribution is -0.130. The van der Waals surface area contributed by atoms with Crippen LogP contribution in [-0.4, -0.2) is 42.6 Å². The number of amides is 3. The summed E-state index contributed by atoms with van der Waals surface area (Å²) in [4.78, 5) is 37.0. The minimum atomic E-state index is -0.817. The van der Waals surface area contributed by atoms with Gasteiger partial charge in [0.2, 0.25) is 11.8 Å². The van der Waals surface area contributed by atoms with E-state index in [1.165, 1.54) is 7.05 Å². The molecule has 3 amide bonds. The number of nitrogens with one attached hydrogen (secondary N) is 3. The van der Waals surface area contributed by atoms with E-state index in [2.05, 4.69) is 16.0 Å². The van der Waals surface area contributed by atoms with Gasteiger partial charge < -0.3 is 20.7 Å². The van der Waals surface area contributed by atoms with Gasteiger partial charge in [-0.05, 0) is 32.3 Å². The molecule has 27 heavy (non-hydrogen) atoms. The Morgan fingerprint density at radius 1 is 1.00 bits per heavy atom. The molecule has 0 aliphatic carbocycles. The van der Waals surface area contributed by atoms with Crippen molar-refractivity contribution in [3.8, 4) is 0 Å². The molecule has 2 atom stereocenters. The normalized spacial score (nSPS) is 13.4. The van der Waals surface area contributed by atoms with Crippen molar-refractivity contribution in [3.05, 3.63) is 35.9 Å². The van der Waals surface area contributed by atoms with Gasteiger partial charge in [0, 0.05) is 13.5 Å². The van der Waals surface area contributed by atoms with Gasteiger partial charge in [-0.1, -0.05) is 44.2 Å². The maximum atomic E-state index is 12.7. The highest BCUT2D eigenvalue weighted by molar-refractivity contribution is 5.91. The smallest absolute Gasteiger partial charge is 0.408 e. The molecule has 7 nitrogen and oxygen atoms in total. The summed E-state index contributed by atoms with van der Waals surface area (Å²) in [5.41, 5.74) is 0.257. The fourth-order valence-electron chi connectivity index (χ4n) is 2.46. The van der Waals surface area contributed by atoms with Crippen molar-refractivity contribution in [3.63, 3.8) is 0 Å². The van der Waals surface area contributed by atoms with Gasteiger partial charge in [0.15, 0.2) is 0 Å². The summed E-state index contributed by atoms with van der Waals surface area (Å²) in [6.07, 6.45) is -0.320. The van der Waals surface area contributed by atoms with E-state index in [1.807, 2.05) is 44.2 Å². The first-order chi connectivity index (χ1) is 12.5. The highest BCUT2D eigenvalue weighted by Gasteiger charge is 2.30. The zero-order valence-corrected chi connectivity index (χ0v) is 17.0. The third kappa shape index (κ3) is 8.11. The fraction of sp³-hybridized carbons (Fsp3) is 0.550. The molecule has 0 aliphatic heterocycles. The standard InChI is InChI=1S/C20H31N3O4/c1-13(2)16(23-19(26)27-20(3,4)5)18(25)22-15(17(24)21-6)12-14-10-8-7-9-11-14/h7-11,13,15-16H,12H2,1-6H3,(H,21,24)(H,22,25)(H,23,26)/t15-,16-/m1/s1. The van der Waals surface area contributed by atoms with Gasteiger partial charge >= 0.3 is 6.09 Å². The van der Waals surface area contributed by atoms with Crippen LogP contribution in [0, 0.1) is 5.92 Å². The quantitative estimate of drug-likeness (QED) is 0.677. The van der Waals surface area contributed by atoms with Crippen LogP contribution in [0.25, 0.3) is 0 Å². The van der Waals surface area contributed by atoms with E-state index in [9.17, 15) is 14.4 Å². The second kappa shape index (κ2) is 9.94. The van der Waals surface area contributed by atoms with Crippen molar-refractivity contribution in [1.82, 2.24) is 16.0 Å². The Balaban J connectivity index is 2.85. The van der Waals surface area contributed by atoms with Crippen molar-refractivity contribution in [1.29, 1.82) is 0 Å². The summed E-state index contributed by atoms with van der Waals surface area (Å²) in [6.45, 7) is 8.87. The molecule has 150 valence electrons. The first-order valence-corrected chi connectivity index (χ1v) is 9.09. The van der Waals surface area contributed by atoms with Crippen LogP contribution in [-0.2, 0) is 20.7 Å². The average molecular weight is 377 g/mol. The lowest BCUT2D eigenvalue weighted by Crippen LogP contribution is -2.56. The summed E-state index contributed by atoms with van der Waals surface area (Å²) in [5.74, 6) is -0.910. The molecule has 0 radical (unpaired) electrons. The number of hydrogen-bond acceptors (Lipinski definition) is 4. The number of rotatable bonds is 7. The lowest BCUT2D eigenvalue weighted by Gasteiger charge is -2.27. The Morgan fingerprint density at radius 3 is 2.07 bits per heavy atom. The van der Waals surface area contributed by atoms with Crippen LogP contribution in [0.4, 0.5) is 4.79 Å². The number of carbonyl (C=O) groups is 3. The molecule has 0 saturated carbocycles. The molecule has 1 rings (SSSR count). The monoisotopic (exact) mass is 377 g/mol.